The zero-order chi connectivity index (χ0) is 26.6. The summed E-state index contributed by atoms with van der Waals surface area (Å²) in [7, 11) is 1.23. The highest BCUT2D eigenvalue weighted by Gasteiger charge is 2.34. The molecule has 0 saturated carbocycles. The van der Waals surface area contributed by atoms with E-state index in [4.69, 9.17) is 23.4 Å². The molecule has 1 aromatic heterocycles. The van der Waals surface area contributed by atoms with Gasteiger partial charge in [0, 0.05) is 0 Å². The molecule has 0 radical (unpaired) electrons. The average Bonchev–Trinajstić information content (AvgIpc) is 3.64. The van der Waals surface area contributed by atoms with E-state index in [1.165, 1.54) is 19.2 Å². The maximum Gasteiger partial charge on any atom is 0.373 e. The second-order valence-electron chi connectivity index (χ2n) is 8.25. The van der Waals surface area contributed by atoms with Gasteiger partial charge in [0.2, 0.25) is 12.6 Å². The van der Waals surface area contributed by atoms with Crippen molar-refractivity contribution in [2.24, 2.45) is 0 Å². The molecule has 2 aliphatic heterocycles. The lowest BCUT2D eigenvalue weighted by atomic mass is 10.1. The molecule has 0 unspecified atom stereocenters. The quantitative estimate of drug-likeness (QED) is 0.254. The summed E-state index contributed by atoms with van der Waals surface area (Å²) in [4.78, 5) is 37.9. The Morgan fingerprint density at radius 2 is 1.87 bits per heavy atom. The van der Waals surface area contributed by atoms with Crippen LogP contribution in [0.3, 0.4) is 0 Å². The van der Waals surface area contributed by atoms with Crippen molar-refractivity contribution in [1.29, 1.82) is 0 Å². The molecular formula is C27H24N2O9. The molecule has 1 N–H and O–H groups in total. The van der Waals surface area contributed by atoms with E-state index in [0.29, 0.717) is 35.2 Å². The van der Waals surface area contributed by atoms with Gasteiger partial charge < -0.3 is 33.4 Å². The third-order valence-electron chi connectivity index (χ3n) is 5.73. The van der Waals surface area contributed by atoms with Crippen molar-refractivity contribution >= 4 is 24.0 Å². The summed E-state index contributed by atoms with van der Waals surface area (Å²) >= 11 is 0. The Labute approximate surface area is 217 Å². The molecule has 0 spiro atoms. The Kier molecular flexibility index (Phi) is 6.90. The highest BCUT2D eigenvalue weighted by molar-refractivity contribution is 6.13. The number of fused-ring (bicyclic) bond motifs is 1. The van der Waals surface area contributed by atoms with Crippen LogP contribution >= 0.6 is 0 Å². The molecule has 0 aliphatic carbocycles. The van der Waals surface area contributed by atoms with Crippen molar-refractivity contribution in [2.45, 2.75) is 20.1 Å². The summed E-state index contributed by atoms with van der Waals surface area (Å²) in [6, 6.07) is 13.1. The van der Waals surface area contributed by atoms with E-state index in [0.717, 1.165) is 10.5 Å². The topological polar surface area (TPSA) is 126 Å². The zero-order valence-electron chi connectivity index (χ0n) is 20.6. The minimum atomic E-state index is -0.651. The van der Waals surface area contributed by atoms with E-state index in [1.54, 1.807) is 24.3 Å². The van der Waals surface area contributed by atoms with Crippen LogP contribution in [0, 0.1) is 0 Å². The van der Waals surface area contributed by atoms with E-state index in [2.05, 4.69) is 10.1 Å². The first-order valence-corrected chi connectivity index (χ1v) is 11.7. The Balaban J connectivity index is 1.28. The fraction of sp³-hybridized carbons (Fsp3) is 0.222. The van der Waals surface area contributed by atoms with Gasteiger partial charge in [0.25, 0.3) is 5.91 Å². The number of benzene rings is 2. The number of carbonyl (C=O) groups excluding carboxylic acids is 3. The molecule has 0 bridgehead atoms. The van der Waals surface area contributed by atoms with E-state index >= 15 is 0 Å². The van der Waals surface area contributed by atoms with Crippen LogP contribution in [0.15, 0.2) is 58.6 Å². The molecule has 0 atom stereocenters. The minimum Gasteiger partial charge on any atom is -0.490 e. The van der Waals surface area contributed by atoms with Crippen LogP contribution in [-0.2, 0) is 22.7 Å². The molecule has 1 fully saturated rings. The Hall–Kier alpha value is -4.93. The fourth-order valence-electron chi connectivity index (χ4n) is 3.90. The van der Waals surface area contributed by atoms with Gasteiger partial charge in [0.15, 0.2) is 23.0 Å². The van der Waals surface area contributed by atoms with E-state index in [1.807, 2.05) is 25.1 Å². The van der Waals surface area contributed by atoms with Crippen LogP contribution in [0.1, 0.15) is 34.4 Å². The number of amides is 3. The van der Waals surface area contributed by atoms with Gasteiger partial charge in [0.05, 0.1) is 20.3 Å². The van der Waals surface area contributed by atoms with Crippen molar-refractivity contribution in [3.8, 4) is 23.0 Å². The van der Waals surface area contributed by atoms with Gasteiger partial charge in [-0.15, -0.1) is 0 Å². The Bertz CT molecular complexity index is 1430. The maximum atomic E-state index is 12.9. The SMILES string of the molecule is CCOc1cc(/C=C2\NC(=O)N(Cc3ccc(C(=O)OC)o3)C2=O)ccc1OCc1ccc2c(c1)OCO2. The molecule has 3 heterocycles. The number of ether oxygens (including phenoxy) is 5. The lowest BCUT2D eigenvalue weighted by molar-refractivity contribution is -0.123. The summed E-state index contributed by atoms with van der Waals surface area (Å²) < 4.78 is 32.5. The summed E-state index contributed by atoms with van der Waals surface area (Å²) in [6.45, 7) is 2.60. The molecule has 196 valence electrons. The Morgan fingerprint density at radius 1 is 1.03 bits per heavy atom. The number of nitrogens with one attached hydrogen (secondary N) is 1. The second kappa shape index (κ2) is 10.6. The van der Waals surface area contributed by atoms with Crippen LogP contribution in [0.25, 0.3) is 6.08 Å². The molecule has 3 amide bonds. The standard InChI is InChI=1S/C27H24N2O9/c1-3-34-23-11-16(4-7-20(23)35-14-17-5-8-21-24(12-17)37-15-36-21)10-19-25(30)29(27(32)28-19)13-18-6-9-22(38-18)26(31)33-2/h4-12H,3,13-15H2,1-2H3,(H,28,32)/b19-10-. The number of carbonyl (C=O) groups is 3. The van der Waals surface area contributed by atoms with Gasteiger partial charge >= 0.3 is 12.0 Å². The predicted octanol–water partition coefficient (Wildman–Crippen LogP) is 3.87. The highest BCUT2D eigenvalue weighted by Crippen LogP contribution is 2.34. The number of methoxy groups -OCH3 is 1. The monoisotopic (exact) mass is 520 g/mol. The number of urea groups is 1. The van der Waals surface area contributed by atoms with Crippen LogP contribution in [0.5, 0.6) is 23.0 Å². The Morgan fingerprint density at radius 3 is 2.68 bits per heavy atom. The molecule has 11 nitrogen and oxygen atoms in total. The smallest absolute Gasteiger partial charge is 0.373 e. The lowest BCUT2D eigenvalue weighted by Crippen LogP contribution is -2.30. The lowest BCUT2D eigenvalue weighted by Gasteiger charge is -2.13. The molecule has 11 heteroatoms. The number of rotatable bonds is 9. The van der Waals surface area contributed by atoms with Crippen molar-refractivity contribution < 1.29 is 42.5 Å². The molecule has 5 rings (SSSR count). The number of hydrogen-bond acceptors (Lipinski definition) is 9. The van der Waals surface area contributed by atoms with Crippen molar-refractivity contribution in [3.05, 3.63) is 76.9 Å². The largest absolute Gasteiger partial charge is 0.490 e. The third kappa shape index (κ3) is 5.12. The van der Waals surface area contributed by atoms with Crippen molar-refractivity contribution in [2.75, 3.05) is 20.5 Å². The van der Waals surface area contributed by atoms with Crippen LogP contribution < -0.4 is 24.3 Å². The summed E-state index contributed by atoms with van der Waals surface area (Å²) in [5.74, 6) is 1.44. The number of nitrogens with zero attached hydrogens (tertiary/aromatic N) is 1. The van der Waals surface area contributed by atoms with E-state index in [-0.39, 0.29) is 37.2 Å². The zero-order valence-corrected chi connectivity index (χ0v) is 20.6. The van der Waals surface area contributed by atoms with Gasteiger partial charge in [0.1, 0.15) is 18.1 Å². The average molecular weight is 520 g/mol. The molecule has 2 aliphatic rings. The first kappa shape index (κ1) is 24.8. The first-order valence-electron chi connectivity index (χ1n) is 11.7. The highest BCUT2D eigenvalue weighted by atomic mass is 16.7. The van der Waals surface area contributed by atoms with E-state index < -0.39 is 17.9 Å². The van der Waals surface area contributed by atoms with Crippen LogP contribution in [0.4, 0.5) is 4.79 Å². The van der Waals surface area contributed by atoms with Crippen molar-refractivity contribution in [1.82, 2.24) is 10.2 Å². The van der Waals surface area contributed by atoms with Gasteiger partial charge in [-0.3, -0.25) is 9.69 Å². The number of esters is 1. The molecule has 1 saturated heterocycles. The van der Waals surface area contributed by atoms with E-state index in [9.17, 15) is 14.4 Å². The fourth-order valence-corrected chi connectivity index (χ4v) is 3.90. The molecule has 2 aromatic carbocycles. The molecule has 3 aromatic rings. The minimum absolute atomic E-state index is 0.0189. The van der Waals surface area contributed by atoms with Crippen molar-refractivity contribution in [3.63, 3.8) is 0 Å². The normalized spacial score (nSPS) is 15.1. The number of hydrogen-bond donors (Lipinski definition) is 1. The number of imide groups is 1. The second-order valence-corrected chi connectivity index (χ2v) is 8.25. The van der Waals surface area contributed by atoms with Gasteiger partial charge in [-0.25, -0.2) is 9.59 Å². The maximum absolute atomic E-state index is 12.9. The third-order valence-corrected chi connectivity index (χ3v) is 5.73. The number of furan rings is 1. The summed E-state index contributed by atoms with van der Waals surface area (Å²) in [5.41, 5.74) is 1.61. The molecular weight excluding hydrogens is 496 g/mol. The van der Waals surface area contributed by atoms with Gasteiger partial charge in [-0.1, -0.05) is 12.1 Å². The van der Waals surface area contributed by atoms with Gasteiger partial charge in [-0.05, 0) is 60.5 Å². The molecule has 38 heavy (non-hydrogen) atoms. The summed E-state index contributed by atoms with van der Waals surface area (Å²) in [6.07, 6.45) is 1.55. The predicted molar refractivity (Wildman–Crippen MR) is 132 cm³/mol. The first-order chi connectivity index (χ1) is 18.4. The van der Waals surface area contributed by atoms with Gasteiger partial charge in [-0.2, -0.15) is 0 Å². The summed E-state index contributed by atoms with van der Waals surface area (Å²) in [5, 5.41) is 2.57. The van der Waals surface area contributed by atoms with Crippen LogP contribution in [0.2, 0.25) is 0 Å². The van der Waals surface area contributed by atoms with Crippen LogP contribution in [-0.4, -0.2) is 43.3 Å².